The number of nitrogens with zero attached hydrogens (tertiary/aromatic N) is 2. The quantitative estimate of drug-likeness (QED) is 0.423. The molecule has 0 radical (unpaired) electrons. The predicted octanol–water partition coefficient (Wildman–Crippen LogP) is 4.37. The maximum Gasteiger partial charge on any atom is 0.341 e. The molecule has 0 aliphatic heterocycles. The van der Waals surface area contributed by atoms with Gasteiger partial charge in [0.2, 0.25) is 5.78 Å². The van der Waals surface area contributed by atoms with Gasteiger partial charge in [0.15, 0.2) is 6.61 Å². The van der Waals surface area contributed by atoms with Crippen LogP contribution in [0, 0.1) is 0 Å². The molecular weight excluding hydrogens is 460 g/mol. The van der Waals surface area contributed by atoms with E-state index >= 15 is 0 Å². The average molecular weight is 489 g/mol. The molecule has 4 rings (SSSR count). The topological polar surface area (TPSA) is 106 Å². The van der Waals surface area contributed by atoms with Gasteiger partial charge in [-0.3, -0.25) is 14.6 Å². The molecule has 1 aromatic heterocycles. The molecule has 1 aliphatic carbocycles. The highest BCUT2D eigenvalue weighted by atomic mass is 16.5. The van der Waals surface area contributed by atoms with Crippen molar-refractivity contribution in [3.8, 4) is 11.5 Å². The Labute approximate surface area is 209 Å². The molecule has 0 saturated heterocycles. The predicted molar refractivity (Wildman–Crippen MR) is 132 cm³/mol. The van der Waals surface area contributed by atoms with E-state index in [4.69, 9.17) is 14.6 Å². The highest BCUT2D eigenvalue weighted by molar-refractivity contribution is 6.09. The molecular formula is C28H28N2O6. The number of para-hydroxylation sites is 1. The van der Waals surface area contributed by atoms with Crippen LogP contribution in [0.4, 0.5) is 0 Å². The number of carbonyl (C=O) groups excluding carboxylic acids is 2. The highest BCUT2D eigenvalue weighted by Gasteiger charge is 2.29. The van der Waals surface area contributed by atoms with Crippen LogP contribution in [0.1, 0.15) is 57.7 Å². The third-order valence-electron chi connectivity index (χ3n) is 6.24. The van der Waals surface area contributed by atoms with Crippen LogP contribution in [0.5, 0.6) is 11.5 Å². The number of benzene rings is 2. The van der Waals surface area contributed by atoms with Gasteiger partial charge in [0.05, 0.1) is 7.11 Å². The molecule has 3 aromatic rings. The zero-order valence-electron chi connectivity index (χ0n) is 20.1. The first-order valence-electron chi connectivity index (χ1n) is 11.8. The Balaban J connectivity index is 1.67. The van der Waals surface area contributed by atoms with Gasteiger partial charge < -0.3 is 19.5 Å². The number of carbonyl (C=O) groups is 3. The summed E-state index contributed by atoms with van der Waals surface area (Å²) >= 11 is 0. The fraction of sp³-hybridized carbons (Fsp3) is 0.286. The summed E-state index contributed by atoms with van der Waals surface area (Å²) in [7, 11) is 1.49. The molecule has 2 aromatic carbocycles. The SMILES string of the molecule is COc1cc(C(=O)c2ccccn2)cc(C(=O)N(Cc2ccccc2OCC(=O)O)C2CCCC2)c1. The number of ketones is 1. The van der Waals surface area contributed by atoms with Crippen molar-refractivity contribution in [1.29, 1.82) is 0 Å². The second-order valence-electron chi connectivity index (χ2n) is 8.66. The lowest BCUT2D eigenvalue weighted by molar-refractivity contribution is -0.139. The van der Waals surface area contributed by atoms with Crippen LogP contribution in [0.3, 0.4) is 0 Å². The van der Waals surface area contributed by atoms with E-state index in [1.54, 1.807) is 59.6 Å². The molecule has 1 fully saturated rings. The lowest BCUT2D eigenvalue weighted by atomic mass is 10.0. The van der Waals surface area contributed by atoms with Gasteiger partial charge in [0.1, 0.15) is 17.2 Å². The fourth-order valence-corrected chi connectivity index (χ4v) is 4.46. The summed E-state index contributed by atoms with van der Waals surface area (Å²) in [6.45, 7) is -0.219. The lowest BCUT2D eigenvalue weighted by Crippen LogP contribution is -2.38. The monoisotopic (exact) mass is 488 g/mol. The van der Waals surface area contributed by atoms with Crippen molar-refractivity contribution in [2.45, 2.75) is 38.3 Å². The summed E-state index contributed by atoms with van der Waals surface area (Å²) in [5.41, 5.74) is 1.64. The molecule has 186 valence electrons. The molecule has 1 amide bonds. The van der Waals surface area contributed by atoms with Gasteiger partial charge in [0.25, 0.3) is 5.91 Å². The summed E-state index contributed by atoms with van der Waals surface area (Å²) in [6, 6.07) is 17.0. The Morgan fingerprint density at radius 2 is 1.72 bits per heavy atom. The molecule has 1 heterocycles. The number of aromatic nitrogens is 1. The van der Waals surface area contributed by atoms with Gasteiger partial charge in [0, 0.05) is 35.5 Å². The number of pyridine rings is 1. The van der Waals surface area contributed by atoms with Crippen LogP contribution < -0.4 is 9.47 Å². The number of carboxylic acid groups (broad SMARTS) is 1. The van der Waals surface area contributed by atoms with E-state index in [1.165, 1.54) is 7.11 Å². The number of amides is 1. The van der Waals surface area contributed by atoms with Crippen molar-refractivity contribution >= 4 is 17.7 Å². The number of ether oxygens (including phenoxy) is 2. The largest absolute Gasteiger partial charge is 0.497 e. The molecule has 1 aliphatic rings. The molecule has 8 heteroatoms. The van der Waals surface area contributed by atoms with Crippen LogP contribution >= 0.6 is 0 Å². The van der Waals surface area contributed by atoms with Crippen LogP contribution in [0.25, 0.3) is 0 Å². The van der Waals surface area contributed by atoms with E-state index in [1.807, 2.05) is 12.1 Å². The van der Waals surface area contributed by atoms with Crippen LogP contribution in [-0.4, -0.2) is 52.4 Å². The molecule has 36 heavy (non-hydrogen) atoms. The van der Waals surface area contributed by atoms with Gasteiger partial charge in [-0.2, -0.15) is 0 Å². The van der Waals surface area contributed by atoms with Crippen molar-refractivity contribution in [2.24, 2.45) is 0 Å². The first-order chi connectivity index (χ1) is 17.5. The van der Waals surface area contributed by atoms with Crippen LogP contribution in [0.15, 0.2) is 66.9 Å². The summed E-state index contributed by atoms with van der Waals surface area (Å²) in [6.07, 6.45) is 5.33. The Bertz CT molecular complexity index is 1240. The minimum atomic E-state index is -1.07. The molecule has 1 saturated carbocycles. The smallest absolute Gasteiger partial charge is 0.341 e. The molecule has 0 unspecified atom stereocenters. The number of rotatable bonds is 10. The minimum absolute atomic E-state index is 0.0196. The van der Waals surface area contributed by atoms with Crippen molar-refractivity contribution in [1.82, 2.24) is 9.88 Å². The second-order valence-corrected chi connectivity index (χ2v) is 8.66. The Morgan fingerprint density at radius 1 is 1.00 bits per heavy atom. The van der Waals surface area contributed by atoms with E-state index in [9.17, 15) is 14.4 Å². The average Bonchev–Trinajstić information content (AvgIpc) is 3.45. The van der Waals surface area contributed by atoms with Gasteiger partial charge in [-0.1, -0.05) is 37.1 Å². The summed E-state index contributed by atoms with van der Waals surface area (Å²) < 4.78 is 10.9. The maximum atomic E-state index is 13.9. The molecule has 0 bridgehead atoms. The number of hydrogen-bond donors (Lipinski definition) is 1. The second kappa shape index (κ2) is 11.5. The van der Waals surface area contributed by atoms with Crippen molar-refractivity contribution < 1.29 is 29.0 Å². The third kappa shape index (κ3) is 5.89. The maximum absolute atomic E-state index is 13.9. The lowest BCUT2D eigenvalue weighted by Gasteiger charge is -2.30. The molecule has 0 spiro atoms. The fourth-order valence-electron chi connectivity index (χ4n) is 4.46. The van der Waals surface area contributed by atoms with Gasteiger partial charge in [-0.25, -0.2) is 4.79 Å². The number of aliphatic carboxylic acids is 1. The van der Waals surface area contributed by atoms with E-state index in [2.05, 4.69) is 4.98 Å². The van der Waals surface area contributed by atoms with Gasteiger partial charge in [-0.15, -0.1) is 0 Å². The van der Waals surface area contributed by atoms with E-state index in [-0.39, 0.29) is 30.0 Å². The van der Waals surface area contributed by atoms with E-state index in [0.717, 1.165) is 25.7 Å². The Kier molecular flexibility index (Phi) is 7.95. The zero-order chi connectivity index (χ0) is 25.5. The third-order valence-corrected chi connectivity index (χ3v) is 6.24. The molecule has 8 nitrogen and oxygen atoms in total. The molecule has 1 N–H and O–H groups in total. The van der Waals surface area contributed by atoms with E-state index in [0.29, 0.717) is 28.2 Å². The van der Waals surface area contributed by atoms with Crippen LogP contribution in [0.2, 0.25) is 0 Å². The normalized spacial score (nSPS) is 13.2. The summed E-state index contributed by atoms with van der Waals surface area (Å²) in [5.74, 6) is -0.786. The Morgan fingerprint density at radius 3 is 2.42 bits per heavy atom. The summed E-state index contributed by atoms with van der Waals surface area (Å²) in [5, 5.41) is 9.03. The first-order valence-corrected chi connectivity index (χ1v) is 11.8. The van der Waals surface area contributed by atoms with Gasteiger partial charge in [-0.05, 0) is 49.2 Å². The first kappa shape index (κ1) is 24.9. The van der Waals surface area contributed by atoms with E-state index < -0.39 is 12.6 Å². The zero-order valence-corrected chi connectivity index (χ0v) is 20.1. The van der Waals surface area contributed by atoms with Crippen LogP contribution in [-0.2, 0) is 11.3 Å². The Hall–Kier alpha value is -4.20. The van der Waals surface area contributed by atoms with Crippen molar-refractivity contribution in [3.05, 3.63) is 89.2 Å². The number of hydrogen-bond acceptors (Lipinski definition) is 6. The van der Waals surface area contributed by atoms with Crippen molar-refractivity contribution in [3.63, 3.8) is 0 Å². The van der Waals surface area contributed by atoms with Crippen molar-refractivity contribution in [2.75, 3.05) is 13.7 Å². The highest BCUT2D eigenvalue weighted by Crippen LogP contribution is 2.30. The van der Waals surface area contributed by atoms with Gasteiger partial charge >= 0.3 is 5.97 Å². The minimum Gasteiger partial charge on any atom is -0.497 e. The number of methoxy groups -OCH3 is 1. The molecule has 0 atom stereocenters. The standard InChI is InChI=1S/C28H28N2O6/c1-35-23-15-20(27(33)24-11-6-7-13-29-24)14-21(16-23)28(34)30(22-9-3-4-10-22)17-19-8-2-5-12-25(19)36-18-26(31)32/h2,5-8,11-16,22H,3-4,9-10,17-18H2,1H3,(H,31,32). The summed E-state index contributed by atoms with van der Waals surface area (Å²) in [4.78, 5) is 43.9. The number of carboxylic acids is 1.